The lowest BCUT2D eigenvalue weighted by Gasteiger charge is -2.38. The van der Waals surface area contributed by atoms with E-state index in [1.807, 2.05) is 30.3 Å². The number of nitrogens with zero attached hydrogens (tertiary/aromatic N) is 3. The minimum absolute atomic E-state index is 0.0636. The zero-order valence-electron chi connectivity index (χ0n) is 21.6. The summed E-state index contributed by atoms with van der Waals surface area (Å²) in [5.41, 5.74) is 2.73. The maximum absolute atomic E-state index is 11.5. The molecule has 2 aromatic carbocycles. The van der Waals surface area contributed by atoms with Gasteiger partial charge < -0.3 is 30.1 Å². The van der Waals surface area contributed by atoms with Gasteiger partial charge in [0, 0.05) is 63.4 Å². The molecule has 0 aromatic heterocycles. The van der Waals surface area contributed by atoms with Gasteiger partial charge in [-0.2, -0.15) is 13.2 Å². The van der Waals surface area contributed by atoms with Crippen LogP contribution < -0.4 is 10.2 Å². The number of piperazine rings is 1. The van der Waals surface area contributed by atoms with Gasteiger partial charge in [0.2, 0.25) is 0 Å². The summed E-state index contributed by atoms with van der Waals surface area (Å²) in [5.74, 6) is -2.92. The third kappa shape index (κ3) is 10.3. The number of aliphatic carboxylic acids is 1. The quantitative estimate of drug-likeness (QED) is 0.193. The summed E-state index contributed by atoms with van der Waals surface area (Å²) in [6.45, 7) is 5.98. The maximum Gasteiger partial charge on any atom is 0.490 e. The van der Waals surface area contributed by atoms with Crippen molar-refractivity contribution in [3.8, 4) is 0 Å². The molecule has 3 N–H and O–H groups in total. The summed E-state index contributed by atoms with van der Waals surface area (Å²) in [6, 6.07) is 14.4. The van der Waals surface area contributed by atoms with Crippen LogP contribution in [0.2, 0.25) is 0 Å². The monoisotopic (exact) mass is 552 g/mol. The van der Waals surface area contributed by atoms with Crippen LogP contribution in [0.15, 0.2) is 53.5 Å². The van der Waals surface area contributed by atoms with Crippen LogP contribution in [0.5, 0.6) is 0 Å². The van der Waals surface area contributed by atoms with E-state index in [2.05, 4.69) is 15.1 Å². The van der Waals surface area contributed by atoms with Gasteiger partial charge in [-0.15, -0.1) is 0 Å². The number of aromatic carboxylic acids is 1. The summed E-state index contributed by atoms with van der Waals surface area (Å²) in [6.07, 6.45) is -4.28. The van der Waals surface area contributed by atoms with Crippen LogP contribution in [0.1, 0.15) is 34.1 Å². The van der Waals surface area contributed by atoms with Gasteiger partial charge in [-0.3, -0.25) is 9.79 Å². The van der Waals surface area contributed by atoms with Gasteiger partial charge in [0.15, 0.2) is 11.7 Å². The van der Waals surface area contributed by atoms with E-state index in [1.165, 1.54) is 0 Å². The second kappa shape index (κ2) is 14.7. The molecule has 0 unspecified atom stereocenters. The molecule has 1 fully saturated rings. The van der Waals surface area contributed by atoms with Crippen molar-refractivity contribution < 1.29 is 42.5 Å². The number of guanidine groups is 1. The van der Waals surface area contributed by atoms with Gasteiger partial charge in [0.05, 0.1) is 5.56 Å². The van der Waals surface area contributed by atoms with Gasteiger partial charge in [-0.05, 0) is 55.8 Å². The normalized spacial score (nSPS) is 13.8. The highest BCUT2D eigenvalue weighted by molar-refractivity contribution is 5.96. The Morgan fingerprint density at radius 2 is 1.62 bits per heavy atom. The van der Waals surface area contributed by atoms with Crippen molar-refractivity contribution in [3.05, 3.63) is 59.7 Å². The maximum atomic E-state index is 11.5. The van der Waals surface area contributed by atoms with E-state index >= 15 is 0 Å². The molecule has 0 spiro atoms. The number of hydrogen-bond donors (Lipinski definition) is 3. The summed E-state index contributed by atoms with van der Waals surface area (Å²) in [5, 5.41) is 19.7. The van der Waals surface area contributed by atoms with Crippen LogP contribution >= 0.6 is 0 Å². The van der Waals surface area contributed by atoms with E-state index in [9.17, 15) is 27.9 Å². The lowest BCUT2D eigenvalue weighted by Crippen LogP contribution is -2.50. The van der Waals surface area contributed by atoms with Gasteiger partial charge in [0.25, 0.3) is 0 Å². The number of methoxy groups -OCH3 is 1. The molecular weight excluding hydrogens is 521 g/mol. The highest BCUT2D eigenvalue weighted by Crippen LogP contribution is 2.19. The summed E-state index contributed by atoms with van der Waals surface area (Å²) < 4.78 is 36.9. The van der Waals surface area contributed by atoms with Crippen LogP contribution in [-0.4, -0.2) is 91.4 Å². The number of aliphatic imine (C=N–C) groups is 1. The second-order valence-corrected chi connectivity index (χ2v) is 8.44. The Morgan fingerprint density at radius 1 is 1.00 bits per heavy atom. The molecule has 10 nitrogen and oxygen atoms in total. The fourth-order valence-electron chi connectivity index (χ4n) is 3.55. The summed E-state index contributed by atoms with van der Waals surface area (Å²) in [4.78, 5) is 40.9. The largest absolute Gasteiger partial charge is 0.490 e. The number of benzene rings is 2. The Bertz CT molecular complexity index is 1150. The number of ether oxygens (including phenoxy) is 1. The van der Waals surface area contributed by atoms with Gasteiger partial charge in [-0.1, -0.05) is 6.07 Å². The van der Waals surface area contributed by atoms with Crippen molar-refractivity contribution >= 4 is 35.1 Å². The van der Waals surface area contributed by atoms with Crippen molar-refractivity contribution in [2.24, 2.45) is 4.99 Å². The number of hydrogen-bond acceptors (Lipinski definition) is 6. The van der Waals surface area contributed by atoms with E-state index in [0.29, 0.717) is 24.4 Å². The van der Waals surface area contributed by atoms with Crippen molar-refractivity contribution in [2.75, 3.05) is 56.7 Å². The van der Waals surface area contributed by atoms with E-state index in [0.717, 1.165) is 44.2 Å². The number of rotatable bonds is 8. The first kappa shape index (κ1) is 31.1. The predicted octanol–water partition coefficient (Wildman–Crippen LogP) is 3.85. The standard InChI is InChI=1S/C24H30N4O4.C2HF3O2/c1-18(29)19-7-9-22(10-8-19)27-12-14-28(15-13-27)24(25-11-4-16-32-2)26-21-6-3-5-20(17-21)23(30)31;3-2(4,5)1(6)7/h3,5-10,17H,4,11-16H2,1-2H3,(H,25,26)(H,30,31);(H,6,7). The third-order valence-corrected chi connectivity index (χ3v) is 5.59. The number of nitrogens with one attached hydrogen (secondary N) is 1. The third-order valence-electron chi connectivity index (χ3n) is 5.59. The zero-order valence-corrected chi connectivity index (χ0v) is 21.6. The Hall–Kier alpha value is -4.13. The minimum atomic E-state index is -5.08. The lowest BCUT2D eigenvalue weighted by atomic mass is 10.1. The molecule has 1 saturated heterocycles. The smallest absolute Gasteiger partial charge is 0.478 e. The number of ketones is 1. The van der Waals surface area contributed by atoms with Crippen LogP contribution in [0.3, 0.4) is 0 Å². The fourth-order valence-corrected chi connectivity index (χ4v) is 3.55. The molecule has 0 amide bonds. The molecule has 2 aromatic rings. The first-order valence-corrected chi connectivity index (χ1v) is 12.0. The molecule has 1 heterocycles. The Labute approximate surface area is 223 Å². The number of halogens is 3. The number of alkyl halides is 3. The molecule has 0 bridgehead atoms. The van der Waals surface area contributed by atoms with E-state index in [-0.39, 0.29) is 11.3 Å². The Kier molecular flexibility index (Phi) is 11.7. The number of carboxylic acids is 2. The molecule has 3 rings (SSSR count). The molecule has 39 heavy (non-hydrogen) atoms. The number of carboxylic acid groups (broad SMARTS) is 2. The van der Waals surface area contributed by atoms with E-state index < -0.39 is 18.1 Å². The predicted molar refractivity (Wildman–Crippen MR) is 140 cm³/mol. The number of carbonyl (C=O) groups is 3. The molecule has 1 aliphatic heterocycles. The van der Waals surface area contributed by atoms with E-state index in [1.54, 1.807) is 32.2 Å². The molecule has 0 radical (unpaired) electrons. The molecule has 13 heteroatoms. The van der Waals surface area contributed by atoms with Crippen molar-refractivity contribution in [1.82, 2.24) is 4.90 Å². The van der Waals surface area contributed by atoms with Crippen LogP contribution in [0.25, 0.3) is 0 Å². The number of anilines is 2. The van der Waals surface area contributed by atoms with Crippen molar-refractivity contribution in [1.29, 1.82) is 0 Å². The SMILES string of the molecule is COCCCN=C(Nc1cccc(C(=O)O)c1)N1CCN(c2ccc(C(C)=O)cc2)CC1.O=C(O)C(F)(F)F. The molecule has 212 valence electrons. The fraction of sp³-hybridized carbons (Fsp3) is 0.385. The Balaban J connectivity index is 0.000000673. The Morgan fingerprint density at radius 3 is 2.13 bits per heavy atom. The van der Waals surface area contributed by atoms with Crippen LogP contribution in [-0.2, 0) is 9.53 Å². The highest BCUT2D eigenvalue weighted by atomic mass is 19.4. The van der Waals surface area contributed by atoms with E-state index in [4.69, 9.17) is 19.6 Å². The summed E-state index contributed by atoms with van der Waals surface area (Å²) in [7, 11) is 1.67. The topological polar surface area (TPSA) is 132 Å². The van der Waals surface area contributed by atoms with Crippen molar-refractivity contribution in [2.45, 2.75) is 19.5 Å². The number of Topliss-reactive ketones (excluding diaryl/α,β-unsaturated/α-hetero) is 1. The zero-order chi connectivity index (χ0) is 29.0. The highest BCUT2D eigenvalue weighted by Gasteiger charge is 2.38. The van der Waals surface area contributed by atoms with Gasteiger partial charge in [0.1, 0.15) is 0 Å². The minimum Gasteiger partial charge on any atom is -0.478 e. The first-order chi connectivity index (χ1) is 18.4. The van der Waals surface area contributed by atoms with Gasteiger partial charge >= 0.3 is 18.1 Å². The second-order valence-electron chi connectivity index (χ2n) is 8.44. The lowest BCUT2D eigenvalue weighted by molar-refractivity contribution is -0.192. The summed E-state index contributed by atoms with van der Waals surface area (Å²) >= 11 is 0. The number of carbonyl (C=O) groups excluding carboxylic acids is 1. The first-order valence-electron chi connectivity index (χ1n) is 12.0. The van der Waals surface area contributed by atoms with Crippen molar-refractivity contribution in [3.63, 3.8) is 0 Å². The van der Waals surface area contributed by atoms with Gasteiger partial charge in [-0.25, -0.2) is 9.59 Å². The average molecular weight is 553 g/mol. The average Bonchev–Trinajstić information content (AvgIpc) is 2.90. The molecule has 0 aliphatic carbocycles. The molecule has 1 aliphatic rings. The van der Waals surface area contributed by atoms with Crippen LogP contribution in [0, 0.1) is 0 Å². The molecule has 0 atom stereocenters. The molecule has 0 saturated carbocycles. The molecular formula is C26H31F3N4O6. The van der Waals surface area contributed by atoms with Crippen LogP contribution in [0.4, 0.5) is 24.5 Å².